The van der Waals surface area contributed by atoms with Crippen molar-refractivity contribution in [1.82, 2.24) is 0 Å². The Kier molecular flexibility index (Phi) is 18.7. The Morgan fingerprint density at radius 3 is 1.48 bits per heavy atom. The molecule has 0 saturated heterocycles. The molecule has 25 heavy (non-hydrogen) atoms. The zero-order valence-corrected chi connectivity index (χ0v) is 16.3. The minimum atomic E-state index is -4.40. The minimum absolute atomic E-state index is 0.112. The second kappa shape index (κ2) is 18.7. The van der Waals surface area contributed by atoms with Gasteiger partial charge in [0.25, 0.3) is 0 Å². The monoisotopic (exact) mass is 386 g/mol. The molecule has 2 N–H and O–H groups in total. The number of phosphoric acid groups is 1. The van der Waals surface area contributed by atoms with E-state index in [1.807, 2.05) is 0 Å². The molecule has 0 unspecified atom stereocenters. The van der Waals surface area contributed by atoms with Crippen molar-refractivity contribution in [3.8, 4) is 0 Å². The van der Waals surface area contributed by atoms with Gasteiger partial charge in [0, 0.05) is 6.61 Å². The molecule has 0 atom stereocenters. The molecule has 0 heterocycles. The summed E-state index contributed by atoms with van der Waals surface area (Å²) in [6.07, 6.45) is 7.58. The third kappa shape index (κ3) is 24.0. The standard InChI is InChI=1S/C16H35O8P/c1-2-3-4-5-6-7-8-20-9-10-21-11-12-22-13-14-23-15-16-24-25(17,18)19/h2-16H2,1H3,(H2,17,18,19). The Hall–Kier alpha value is -0.0500. The highest BCUT2D eigenvalue weighted by atomic mass is 31.2. The maximum Gasteiger partial charge on any atom is 0.469 e. The highest BCUT2D eigenvalue weighted by molar-refractivity contribution is 7.46. The van der Waals surface area contributed by atoms with Crippen molar-refractivity contribution in [2.24, 2.45) is 0 Å². The highest BCUT2D eigenvalue weighted by Gasteiger charge is 2.12. The predicted molar refractivity (Wildman–Crippen MR) is 94.6 cm³/mol. The summed E-state index contributed by atoms with van der Waals surface area (Å²) in [5.74, 6) is 0. The van der Waals surface area contributed by atoms with Crippen LogP contribution >= 0.6 is 7.82 Å². The maximum absolute atomic E-state index is 10.4. The highest BCUT2D eigenvalue weighted by Crippen LogP contribution is 2.35. The fraction of sp³-hybridized carbons (Fsp3) is 1.00. The van der Waals surface area contributed by atoms with E-state index in [1.165, 1.54) is 32.1 Å². The average Bonchev–Trinajstić information content (AvgIpc) is 2.56. The molecule has 0 fully saturated rings. The van der Waals surface area contributed by atoms with Gasteiger partial charge in [0.2, 0.25) is 0 Å². The van der Waals surface area contributed by atoms with Crippen LogP contribution in [0.25, 0.3) is 0 Å². The molecule has 0 bridgehead atoms. The van der Waals surface area contributed by atoms with E-state index in [2.05, 4.69) is 11.4 Å². The van der Waals surface area contributed by atoms with Gasteiger partial charge in [-0.25, -0.2) is 4.57 Å². The first kappa shape index (κ1) is 24.9. The van der Waals surface area contributed by atoms with Crippen molar-refractivity contribution in [2.45, 2.75) is 45.4 Å². The molecule has 0 saturated carbocycles. The molecule has 0 aromatic heterocycles. The SMILES string of the molecule is CCCCCCCCOCCOCCOCCOCCOP(=O)(O)O. The fourth-order valence-electron chi connectivity index (χ4n) is 1.96. The van der Waals surface area contributed by atoms with Gasteiger partial charge in [0.05, 0.1) is 52.9 Å². The van der Waals surface area contributed by atoms with Crippen molar-refractivity contribution in [3.05, 3.63) is 0 Å². The maximum atomic E-state index is 10.4. The lowest BCUT2D eigenvalue weighted by atomic mass is 10.1. The van der Waals surface area contributed by atoms with Crippen LogP contribution in [0.1, 0.15) is 45.4 Å². The largest absolute Gasteiger partial charge is 0.469 e. The molecule has 0 aromatic carbocycles. The molecular formula is C16H35O8P. The lowest BCUT2D eigenvalue weighted by molar-refractivity contribution is -0.00578. The fourth-order valence-corrected chi connectivity index (χ4v) is 2.27. The number of ether oxygens (including phenoxy) is 4. The quantitative estimate of drug-likeness (QED) is 0.243. The van der Waals surface area contributed by atoms with Gasteiger partial charge in [-0.05, 0) is 6.42 Å². The van der Waals surface area contributed by atoms with Crippen molar-refractivity contribution in [2.75, 3.05) is 59.5 Å². The smallest absolute Gasteiger partial charge is 0.379 e. The van der Waals surface area contributed by atoms with Gasteiger partial charge in [-0.2, -0.15) is 0 Å². The number of rotatable bonds is 20. The van der Waals surface area contributed by atoms with Crippen molar-refractivity contribution in [3.63, 3.8) is 0 Å². The van der Waals surface area contributed by atoms with Crippen LogP contribution in [0.3, 0.4) is 0 Å². The van der Waals surface area contributed by atoms with Crippen LogP contribution in [-0.4, -0.2) is 69.2 Å². The third-order valence-corrected chi connectivity index (χ3v) is 3.76. The Labute approximate surface area is 151 Å². The normalized spacial score (nSPS) is 12.0. The summed E-state index contributed by atoms with van der Waals surface area (Å²) in [6, 6.07) is 0. The van der Waals surface area contributed by atoms with Crippen molar-refractivity contribution in [1.29, 1.82) is 0 Å². The minimum Gasteiger partial charge on any atom is -0.379 e. The molecular weight excluding hydrogens is 351 g/mol. The van der Waals surface area contributed by atoms with E-state index in [-0.39, 0.29) is 13.2 Å². The summed E-state index contributed by atoms with van der Waals surface area (Å²) in [7, 11) is -4.40. The van der Waals surface area contributed by atoms with Crippen LogP contribution in [0.4, 0.5) is 0 Å². The van der Waals surface area contributed by atoms with Crippen LogP contribution in [-0.2, 0) is 28.0 Å². The molecule has 0 rings (SSSR count). The molecule has 0 aliphatic carbocycles. The summed E-state index contributed by atoms with van der Waals surface area (Å²) in [5, 5.41) is 0. The van der Waals surface area contributed by atoms with Gasteiger partial charge >= 0.3 is 7.82 Å². The van der Waals surface area contributed by atoms with Crippen LogP contribution < -0.4 is 0 Å². The van der Waals surface area contributed by atoms with Gasteiger partial charge in [-0.1, -0.05) is 39.0 Å². The number of hydrogen-bond donors (Lipinski definition) is 2. The molecule has 0 aliphatic heterocycles. The molecule has 0 spiro atoms. The number of hydrogen-bond acceptors (Lipinski definition) is 6. The first-order valence-electron chi connectivity index (χ1n) is 9.07. The van der Waals surface area contributed by atoms with Gasteiger partial charge < -0.3 is 28.7 Å². The second-order valence-electron chi connectivity index (χ2n) is 5.54. The zero-order chi connectivity index (χ0) is 18.6. The van der Waals surface area contributed by atoms with Gasteiger partial charge in [-0.15, -0.1) is 0 Å². The van der Waals surface area contributed by atoms with E-state index in [9.17, 15) is 4.57 Å². The molecule has 0 radical (unpaired) electrons. The third-order valence-electron chi connectivity index (χ3n) is 3.25. The molecule has 9 heteroatoms. The zero-order valence-electron chi connectivity index (χ0n) is 15.4. The first-order valence-corrected chi connectivity index (χ1v) is 10.6. The lowest BCUT2D eigenvalue weighted by Gasteiger charge is -2.08. The Morgan fingerprint density at radius 1 is 0.600 bits per heavy atom. The summed E-state index contributed by atoms with van der Waals surface area (Å²) in [4.78, 5) is 16.9. The predicted octanol–water partition coefficient (Wildman–Crippen LogP) is 2.52. The summed E-state index contributed by atoms with van der Waals surface area (Å²) >= 11 is 0. The van der Waals surface area contributed by atoms with E-state index in [1.54, 1.807) is 0 Å². The molecule has 0 aromatic rings. The van der Waals surface area contributed by atoms with Gasteiger partial charge in [-0.3, -0.25) is 4.52 Å². The Balaban J connectivity index is 3.02. The number of phosphoric ester groups is 1. The summed E-state index contributed by atoms with van der Waals surface area (Å²) in [5.41, 5.74) is 0. The summed E-state index contributed by atoms with van der Waals surface area (Å²) < 4.78 is 35.9. The van der Waals surface area contributed by atoms with Gasteiger partial charge in [0.15, 0.2) is 0 Å². The van der Waals surface area contributed by atoms with E-state index >= 15 is 0 Å². The van der Waals surface area contributed by atoms with E-state index in [0.29, 0.717) is 39.6 Å². The van der Waals surface area contributed by atoms with Crippen molar-refractivity contribution < 1.29 is 37.8 Å². The number of unbranched alkanes of at least 4 members (excludes halogenated alkanes) is 5. The first-order chi connectivity index (χ1) is 12.1. The van der Waals surface area contributed by atoms with Gasteiger partial charge in [0.1, 0.15) is 0 Å². The molecule has 0 amide bonds. The Bertz CT molecular complexity index is 311. The Morgan fingerprint density at radius 2 is 1.00 bits per heavy atom. The van der Waals surface area contributed by atoms with E-state index in [4.69, 9.17) is 28.7 Å². The van der Waals surface area contributed by atoms with Crippen LogP contribution in [0.5, 0.6) is 0 Å². The van der Waals surface area contributed by atoms with E-state index in [0.717, 1.165) is 13.0 Å². The average molecular weight is 386 g/mol. The topological polar surface area (TPSA) is 104 Å². The van der Waals surface area contributed by atoms with E-state index < -0.39 is 7.82 Å². The molecule has 8 nitrogen and oxygen atoms in total. The van der Waals surface area contributed by atoms with Crippen LogP contribution in [0.15, 0.2) is 0 Å². The molecule has 0 aliphatic rings. The summed E-state index contributed by atoms with van der Waals surface area (Å²) in [6.45, 7) is 5.87. The molecule has 152 valence electrons. The lowest BCUT2D eigenvalue weighted by Crippen LogP contribution is -2.13. The van der Waals surface area contributed by atoms with Crippen LogP contribution in [0, 0.1) is 0 Å². The van der Waals surface area contributed by atoms with Crippen LogP contribution in [0.2, 0.25) is 0 Å². The second-order valence-corrected chi connectivity index (χ2v) is 6.78. The van der Waals surface area contributed by atoms with Crippen molar-refractivity contribution >= 4 is 7.82 Å².